The number of amides is 1. The monoisotopic (exact) mass is 224 g/mol. The number of carbonyl (C=O) groups is 1. The molecule has 1 unspecified atom stereocenters. The molecule has 16 heavy (non-hydrogen) atoms. The van der Waals surface area contributed by atoms with Crippen LogP contribution in [0.1, 0.15) is 46.0 Å². The van der Waals surface area contributed by atoms with Crippen molar-refractivity contribution in [2.75, 3.05) is 19.6 Å². The van der Waals surface area contributed by atoms with Gasteiger partial charge in [0.25, 0.3) is 0 Å². The normalized spacial score (nSPS) is 26.4. The highest BCUT2D eigenvalue weighted by Crippen LogP contribution is 2.23. The molecule has 3 heteroatoms. The van der Waals surface area contributed by atoms with Crippen LogP contribution >= 0.6 is 0 Å². The maximum atomic E-state index is 11.7. The lowest BCUT2D eigenvalue weighted by atomic mass is 10.0. The van der Waals surface area contributed by atoms with Gasteiger partial charge in [0.05, 0.1) is 0 Å². The van der Waals surface area contributed by atoms with Crippen molar-refractivity contribution in [3.8, 4) is 0 Å². The first kappa shape index (κ1) is 11.9. The molecule has 2 aliphatic rings. The summed E-state index contributed by atoms with van der Waals surface area (Å²) in [6.07, 6.45) is 5.44. The fraction of sp³-hybridized carbons (Fsp3) is 0.923. The highest BCUT2D eigenvalue weighted by Gasteiger charge is 2.31. The van der Waals surface area contributed by atoms with E-state index in [1.807, 2.05) is 0 Å². The second kappa shape index (κ2) is 5.17. The molecule has 0 radical (unpaired) electrons. The molecule has 0 N–H and O–H groups in total. The molecular formula is C13H24N2O. The van der Waals surface area contributed by atoms with Crippen molar-refractivity contribution in [2.45, 2.75) is 58.0 Å². The quantitative estimate of drug-likeness (QED) is 0.730. The van der Waals surface area contributed by atoms with Crippen molar-refractivity contribution < 1.29 is 4.79 Å². The van der Waals surface area contributed by atoms with Crippen LogP contribution in [0.4, 0.5) is 0 Å². The van der Waals surface area contributed by atoms with Gasteiger partial charge in [-0.2, -0.15) is 0 Å². The minimum absolute atomic E-state index is 0.391. The summed E-state index contributed by atoms with van der Waals surface area (Å²) in [7, 11) is 0. The van der Waals surface area contributed by atoms with Gasteiger partial charge in [-0.3, -0.25) is 4.79 Å². The highest BCUT2D eigenvalue weighted by molar-refractivity contribution is 5.78. The second-order valence-electron chi connectivity index (χ2n) is 5.22. The predicted molar refractivity (Wildman–Crippen MR) is 65.3 cm³/mol. The zero-order chi connectivity index (χ0) is 11.5. The van der Waals surface area contributed by atoms with Gasteiger partial charge in [0.15, 0.2) is 0 Å². The predicted octanol–water partition coefficient (Wildman–Crippen LogP) is 1.87. The molecule has 1 atom stereocenters. The number of likely N-dealkylation sites (tertiary alicyclic amines) is 2. The summed E-state index contributed by atoms with van der Waals surface area (Å²) >= 11 is 0. The van der Waals surface area contributed by atoms with Gasteiger partial charge in [-0.05, 0) is 32.6 Å². The maximum absolute atomic E-state index is 11.7. The van der Waals surface area contributed by atoms with Gasteiger partial charge >= 0.3 is 0 Å². The van der Waals surface area contributed by atoms with Gasteiger partial charge in [-0.1, -0.05) is 6.92 Å². The van der Waals surface area contributed by atoms with E-state index in [0.29, 0.717) is 18.0 Å². The van der Waals surface area contributed by atoms with E-state index in [-0.39, 0.29) is 0 Å². The second-order valence-corrected chi connectivity index (χ2v) is 5.22. The summed E-state index contributed by atoms with van der Waals surface area (Å²) in [4.78, 5) is 16.4. The first-order chi connectivity index (χ1) is 7.72. The first-order valence-corrected chi connectivity index (χ1v) is 6.76. The van der Waals surface area contributed by atoms with Gasteiger partial charge in [0.2, 0.25) is 5.91 Å². The van der Waals surface area contributed by atoms with Crippen LogP contribution in [-0.2, 0) is 4.79 Å². The lowest BCUT2D eigenvalue weighted by molar-refractivity contribution is -0.130. The van der Waals surface area contributed by atoms with Gasteiger partial charge in [0, 0.05) is 38.1 Å². The third-order valence-electron chi connectivity index (χ3n) is 4.26. The van der Waals surface area contributed by atoms with E-state index in [1.165, 1.54) is 32.4 Å². The maximum Gasteiger partial charge on any atom is 0.222 e. The Morgan fingerprint density at radius 2 is 2.00 bits per heavy atom. The van der Waals surface area contributed by atoms with Gasteiger partial charge in [-0.15, -0.1) is 0 Å². The molecule has 0 bridgehead atoms. The number of hydrogen-bond acceptors (Lipinski definition) is 2. The molecule has 0 aromatic carbocycles. The minimum Gasteiger partial charge on any atom is -0.340 e. The summed E-state index contributed by atoms with van der Waals surface area (Å²) in [5.74, 6) is 0.391. The Morgan fingerprint density at radius 1 is 1.31 bits per heavy atom. The SMILES string of the molecule is CCC(C)N1CCC(N2CCCC2=O)CC1. The average molecular weight is 224 g/mol. The summed E-state index contributed by atoms with van der Waals surface area (Å²) in [6.45, 7) is 7.90. The largest absolute Gasteiger partial charge is 0.340 e. The molecule has 2 saturated heterocycles. The van der Waals surface area contributed by atoms with Gasteiger partial charge in [0.1, 0.15) is 0 Å². The van der Waals surface area contributed by atoms with Crippen molar-refractivity contribution >= 4 is 5.91 Å². The molecule has 0 aliphatic carbocycles. The molecule has 0 saturated carbocycles. The molecule has 0 aromatic rings. The molecular weight excluding hydrogens is 200 g/mol. The van der Waals surface area contributed by atoms with Crippen molar-refractivity contribution in [2.24, 2.45) is 0 Å². The van der Waals surface area contributed by atoms with Crippen LogP contribution in [0.15, 0.2) is 0 Å². The van der Waals surface area contributed by atoms with Crippen molar-refractivity contribution in [3.63, 3.8) is 0 Å². The lowest BCUT2D eigenvalue weighted by Gasteiger charge is -2.39. The van der Waals surface area contributed by atoms with Crippen LogP contribution in [0, 0.1) is 0 Å². The van der Waals surface area contributed by atoms with E-state index in [0.717, 1.165) is 19.4 Å². The fourth-order valence-corrected chi connectivity index (χ4v) is 2.95. The van der Waals surface area contributed by atoms with Crippen molar-refractivity contribution in [1.82, 2.24) is 9.80 Å². The number of carbonyl (C=O) groups excluding carboxylic acids is 1. The molecule has 3 nitrogen and oxygen atoms in total. The zero-order valence-electron chi connectivity index (χ0n) is 10.6. The Morgan fingerprint density at radius 3 is 2.50 bits per heavy atom. The minimum atomic E-state index is 0.391. The standard InChI is InChI=1S/C13H24N2O/c1-3-11(2)14-9-6-12(7-10-14)15-8-4-5-13(15)16/h11-12H,3-10H2,1-2H3. The molecule has 2 fully saturated rings. The van der Waals surface area contributed by atoms with E-state index >= 15 is 0 Å². The van der Waals surface area contributed by atoms with E-state index < -0.39 is 0 Å². The molecule has 92 valence electrons. The van der Waals surface area contributed by atoms with E-state index in [1.54, 1.807) is 0 Å². The smallest absolute Gasteiger partial charge is 0.222 e. The molecule has 0 spiro atoms. The van der Waals surface area contributed by atoms with Gasteiger partial charge < -0.3 is 9.80 Å². The summed E-state index contributed by atoms with van der Waals surface area (Å²) in [6, 6.07) is 1.24. The number of piperidine rings is 1. The summed E-state index contributed by atoms with van der Waals surface area (Å²) in [5.41, 5.74) is 0. The molecule has 2 aliphatic heterocycles. The number of hydrogen-bond donors (Lipinski definition) is 0. The Balaban J connectivity index is 1.83. The fourth-order valence-electron chi connectivity index (χ4n) is 2.95. The van der Waals surface area contributed by atoms with Crippen LogP contribution in [0.5, 0.6) is 0 Å². The van der Waals surface area contributed by atoms with Crippen molar-refractivity contribution in [3.05, 3.63) is 0 Å². The average Bonchev–Trinajstić information content (AvgIpc) is 2.75. The Hall–Kier alpha value is -0.570. The third kappa shape index (κ3) is 2.40. The van der Waals surface area contributed by atoms with Crippen LogP contribution in [0.2, 0.25) is 0 Å². The van der Waals surface area contributed by atoms with Crippen molar-refractivity contribution in [1.29, 1.82) is 0 Å². The lowest BCUT2D eigenvalue weighted by Crippen LogP contribution is -2.47. The van der Waals surface area contributed by atoms with E-state index in [2.05, 4.69) is 23.6 Å². The summed E-state index contributed by atoms with van der Waals surface area (Å²) < 4.78 is 0. The highest BCUT2D eigenvalue weighted by atomic mass is 16.2. The Bertz CT molecular complexity index is 246. The Labute approximate surface area is 98.8 Å². The Kier molecular flexibility index (Phi) is 3.85. The van der Waals surface area contributed by atoms with Crippen LogP contribution in [0.25, 0.3) is 0 Å². The molecule has 2 heterocycles. The van der Waals surface area contributed by atoms with E-state index in [4.69, 9.17) is 0 Å². The van der Waals surface area contributed by atoms with Crippen LogP contribution in [0.3, 0.4) is 0 Å². The number of rotatable bonds is 3. The van der Waals surface area contributed by atoms with E-state index in [9.17, 15) is 4.79 Å². The molecule has 2 rings (SSSR count). The molecule has 0 aromatic heterocycles. The van der Waals surface area contributed by atoms with Gasteiger partial charge in [-0.25, -0.2) is 0 Å². The third-order valence-corrected chi connectivity index (χ3v) is 4.26. The number of nitrogens with zero attached hydrogens (tertiary/aromatic N) is 2. The van der Waals surface area contributed by atoms with Crippen LogP contribution in [-0.4, -0.2) is 47.4 Å². The zero-order valence-corrected chi connectivity index (χ0v) is 10.6. The summed E-state index contributed by atoms with van der Waals surface area (Å²) in [5, 5.41) is 0. The first-order valence-electron chi connectivity index (χ1n) is 6.76. The van der Waals surface area contributed by atoms with Crippen LogP contribution < -0.4 is 0 Å². The topological polar surface area (TPSA) is 23.6 Å². The molecule has 1 amide bonds.